The number of aromatic nitrogens is 1. The number of nitrogens with zero attached hydrogens (tertiary/aromatic N) is 4. The highest BCUT2D eigenvalue weighted by Gasteiger charge is 2.24. The number of anilines is 2. The third kappa shape index (κ3) is 12.4. The standard InChI is InChI=1S/C38H49N9O4/c1-26(2)34(40)36(49)44-27(3)35(48)45-31-13-9-29(10-14-31)24-51-33-15-11-30(12-16-33)37(50)47-21-17-28(18-22-47)7-4-5-20-42-38(43-25-39)46-32-8-6-19-41-23-32/h6,8-16,19,23,26-28,34H,4-5,7,17-18,20-22,24,40H2,1-3H3,(H,44,49)(H,45,48)(H2,42,43,46)/t27-,34-/m0/s1. The zero-order chi connectivity index (χ0) is 36.6. The minimum atomic E-state index is -0.731. The molecule has 2 aromatic carbocycles. The Morgan fingerprint density at radius 3 is 2.35 bits per heavy atom. The Hall–Kier alpha value is -5.48. The molecular weight excluding hydrogens is 646 g/mol. The smallest absolute Gasteiger partial charge is 0.253 e. The normalized spacial score (nSPS) is 14.6. The monoisotopic (exact) mass is 695 g/mol. The lowest BCUT2D eigenvalue weighted by Crippen LogP contribution is -2.50. The summed E-state index contributed by atoms with van der Waals surface area (Å²) < 4.78 is 5.93. The lowest BCUT2D eigenvalue weighted by atomic mass is 9.91. The van der Waals surface area contributed by atoms with Crippen LogP contribution in [0.4, 0.5) is 11.4 Å². The molecule has 270 valence electrons. The number of likely N-dealkylation sites (tertiary alicyclic amines) is 1. The van der Waals surface area contributed by atoms with E-state index in [4.69, 9.17) is 15.7 Å². The SMILES string of the molecule is CC(C)[C@H](N)C(=O)N[C@@H](C)C(=O)Nc1ccc(COc2ccc(C(=O)N3CCC(CCCCN/C(=N\C#N)Nc4cccnc4)CC3)cc2)cc1. The summed E-state index contributed by atoms with van der Waals surface area (Å²) in [6.45, 7) is 7.82. The first-order valence-electron chi connectivity index (χ1n) is 17.5. The number of nitrogens with two attached hydrogens (primary N) is 1. The molecule has 4 rings (SSSR count). The highest BCUT2D eigenvalue weighted by atomic mass is 16.5. The summed E-state index contributed by atoms with van der Waals surface area (Å²) in [5, 5.41) is 20.7. The molecule has 0 saturated carbocycles. The minimum absolute atomic E-state index is 0.0308. The molecular formula is C38H49N9O4. The maximum atomic E-state index is 13.2. The van der Waals surface area contributed by atoms with Gasteiger partial charge in [-0.15, -0.1) is 4.99 Å². The first kappa shape index (κ1) is 38.3. The first-order valence-corrected chi connectivity index (χ1v) is 17.5. The molecule has 1 aliphatic rings. The number of amides is 3. The molecule has 2 heterocycles. The van der Waals surface area contributed by atoms with Crippen LogP contribution < -0.4 is 31.7 Å². The zero-order valence-corrected chi connectivity index (χ0v) is 29.6. The Kier molecular flexibility index (Phi) is 14.8. The van der Waals surface area contributed by atoms with Crippen molar-refractivity contribution >= 4 is 35.1 Å². The fourth-order valence-corrected chi connectivity index (χ4v) is 5.58. The van der Waals surface area contributed by atoms with Crippen molar-refractivity contribution in [3.63, 3.8) is 0 Å². The van der Waals surface area contributed by atoms with Crippen LogP contribution >= 0.6 is 0 Å². The van der Waals surface area contributed by atoms with Crippen molar-refractivity contribution in [2.45, 2.75) is 71.6 Å². The number of unbranched alkanes of at least 4 members (excludes halogenated alkanes) is 1. The summed E-state index contributed by atoms with van der Waals surface area (Å²) in [5.74, 6) is 0.953. The number of aliphatic imine (C=N–C) groups is 1. The zero-order valence-electron chi connectivity index (χ0n) is 29.6. The summed E-state index contributed by atoms with van der Waals surface area (Å²) in [4.78, 5) is 47.7. The molecule has 3 amide bonds. The van der Waals surface area contributed by atoms with Gasteiger partial charge in [-0.1, -0.05) is 38.8 Å². The van der Waals surface area contributed by atoms with E-state index in [1.807, 2.05) is 61.3 Å². The number of benzene rings is 2. The maximum absolute atomic E-state index is 13.2. The molecule has 3 aromatic rings. The van der Waals surface area contributed by atoms with Crippen molar-refractivity contribution in [2.24, 2.45) is 22.6 Å². The molecule has 1 fully saturated rings. The van der Waals surface area contributed by atoms with Gasteiger partial charge in [0.05, 0.1) is 17.9 Å². The van der Waals surface area contributed by atoms with Crippen LogP contribution in [-0.2, 0) is 16.2 Å². The largest absolute Gasteiger partial charge is 0.489 e. The maximum Gasteiger partial charge on any atom is 0.253 e. The number of carbonyl (C=O) groups is 3. The molecule has 0 unspecified atom stereocenters. The third-order valence-electron chi connectivity index (χ3n) is 8.82. The van der Waals surface area contributed by atoms with Crippen molar-refractivity contribution < 1.29 is 19.1 Å². The van der Waals surface area contributed by atoms with E-state index in [0.717, 1.165) is 56.4 Å². The Bertz CT molecular complexity index is 1630. The predicted molar refractivity (Wildman–Crippen MR) is 198 cm³/mol. The predicted octanol–water partition coefficient (Wildman–Crippen LogP) is 4.65. The van der Waals surface area contributed by atoms with E-state index in [1.165, 1.54) is 0 Å². The van der Waals surface area contributed by atoms with Gasteiger partial charge < -0.3 is 36.6 Å². The van der Waals surface area contributed by atoms with Crippen molar-refractivity contribution in [3.05, 3.63) is 84.2 Å². The average Bonchev–Trinajstić information content (AvgIpc) is 3.14. The van der Waals surface area contributed by atoms with Crippen LogP contribution in [0, 0.1) is 23.3 Å². The van der Waals surface area contributed by atoms with Crippen LogP contribution in [-0.4, -0.2) is 65.3 Å². The third-order valence-corrected chi connectivity index (χ3v) is 8.82. The lowest BCUT2D eigenvalue weighted by Gasteiger charge is -2.32. The van der Waals surface area contributed by atoms with Gasteiger partial charge in [0.25, 0.3) is 5.91 Å². The number of piperidine rings is 1. The number of hydrogen-bond acceptors (Lipinski definition) is 8. The number of pyridine rings is 1. The van der Waals surface area contributed by atoms with Gasteiger partial charge in [0, 0.05) is 37.1 Å². The lowest BCUT2D eigenvalue weighted by molar-refractivity contribution is -0.127. The number of hydrogen-bond donors (Lipinski definition) is 5. The van der Waals surface area contributed by atoms with Crippen LogP contribution in [0.25, 0.3) is 0 Å². The van der Waals surface area contributed by atoms with E-state index in [9.17, 15) is 14.4 Å². The van der Waals surface area contributed by atoms with Crippen LogP contribution in [0.5, 0.6) is 5.75 Å². The number of nitrogens with one attached hydrogen (secondary N) is 4. The van der Waals surface area contributed by atoms with E-state index in [0.29, 0.717) is 42.0 Å². The van der Waals surface area contributed by atoms with Gasteiger partial charge in [-0.25, -0.2) is 0 Å². The van der Waals surface area contributed by atoms with Gasteiger partial charge in [0.2, 0.25) is 24.0 Å². The van der Waals surface area contributed by atoms with Crippen LogP contribution in [0.15, 0.2) is 78.0 Å². The molecule has 13 nitrogen and oxygen atoms in total. The van der Waals surface area contributed by atoms with E-state index in [-0.39, 0.29) is 23.6 Å². The first-order chi connectivity index (χ1) is 24.6. The van der Waals surface area contributed by atoms with Gasteiger partial charge in [-0.05, 0) is 92.1 Å². The van der Waals surface area contributed by atoms with E-state index in [2.05, 4.69) is 31.2 Å². The fourth-order valence-electron chi connectivity index (χ4n) is 5.58. The minimum Gasteiger partial charge on any atom is -0.489 e. The molecule has 0 bridgehead atoms. The van der Waals surface area contributed by atoms with Gasteiger partial charge in [0.15, 0.2) is 0 Å². The second-order valence-electron chi connectivity index (χ2n) is 13.1. The highest BCUT2D eigenvalue weighted by molar-refractivity contribution is 5.97. The number of ether oxygens (including phenoxy) is 1. The number of rotatable bonds is 15. The Morgan fingerprint density at radius 1 is 0.980 bits per heavy atom. The van der Waals surface area contributed by atoms with Gasteiger partial charge in [-0.3, -0.25) is 19.4 Å². The Labute approximate surface area is 300 Å². The van der Waals surface area contributed by atoms with Crippen LogP contribution in [0.2, 0.25) is 0 Å². The average molecular weight is 696 g/mol. The van der Waals surface area contributed by atoms with Crippen molar-refractivity contribution in [1.82, 2.24) is 20.5 Å². The van der Waals surface area contributed by atoms with Crippen molar-refractivity contribution in [2.75, 3.05) is 30.3 Å². The molecule has 1 saturated heterocycles. The number of carbonyl (C=O) groups excluding carboxylic acids is 3. The highest BCUT2D eigenvalue weighted by Crippen LogP contribution is 2.24. The summed E-state index contributed by atoms with van der Waals surface area (Å²) in [6, 6.07) is 16.8. The molecule has 1 aromatic heterocycles. The molecule has 0 spiro atoms. The topological polar surface area (TPSA) is 187 Å². The Balaban J connectivity index is 1.12. The molecule has 2 atom stereocenters. The van der Waals surface area contributed by atoms with E-state index < -0.39 is 12.1 Å². The summed E-state index contributed by atoms with van der Waals surface area (Å²) >= 11 is 0. The van der Waals surface area contributed by atoms with Crippen LogP contribution in [0.1, 0.15) is 68.8 Å². The molecule has 0 aliphatic carbocycles. The quantitative estimate of drug-likeness (QED) is 0.0653. The molecule has 13 heteroatoms. The fraction of sp³-hybridized carbons (Fsp3) is 0.421. The van der Waals surface area contributed by atoms with Gasteiger partial charge in [0.1, 0.15) is 18.4 Å². The summed E-state index contributed by atoms with van der Waals surface area (Å²) in [7, 11) is 0. The second kappa shape index (κ2) is 19.6. The van der Waals surface area contributed by atoms with Crippen molar-refractivity contribution in [3.8, 4) is 11.9 Å². The second-order valence-corrected chi connectivity index (χ2v) is 13.1. The van der Waals surface area contributed by atoms with Crippen molar-refractivity contribution in [1.29, 1.82) is 5.26 Å². The van der Waals surface area contributed by atoms with Gasteiger partial charge >= 0.3 is 0 Å². The van der Waals surface area contributed by atoms with Crippen LogP contribution in [0.3, 0.4) is 0 Å². The molecule has 51 heavy (non-hydrogen) atoms. The summed E-state index contributed by atoms with van der Waals surface area (Å²) in [5.41, 5.74) is 8.77. The molecule has 6 N–H and O–H groups in total. The summed E-state index contributed by atoms with van der Waals surface area (Å²) in [6.07, 6.45) is 10.2. The van der Waals surface area contributed by atoms with E-state index in [1.54, 1.807) is 43.6 Å². The van der Waals surface area contributed by atoms with Gasteiger partial charge in [-0.2, -0.15) is 5.26 Å². The molecule has 1 aliphatic heterocycles. The number of nitriles is 1. The number of guanidine groups is 1. The van der Waals surface area contributed by atoms with E-state index >= 15 is 0 Å². The Morgan fingerprint density at radius 2 is 1.71 bits per heavy atom. The molecule has 0 radical (unpaired) electrons.